The van der Waals surface area contributed by atoms with Crippen LogP contribution in [0.15, 0.2) is 16.8 Å². The lowest BCUT2D eigenvalue weighted by molar-refractivity contribution is 0.386. The van der Waals surface area contributed by atoms with Gasteiger partial charge in [-0.05, 0) is 36.5 Å². The first kappa shape index (κ1) is 11.7. The number of likely N-dealkylation sites (N-methyl/N-ethyl adjacent to an activating group) is 1. The molecule has 0 radical (unpaired) electrons. The predicted octanol–water partition coefficient (Wildman–Crippen LogP) is 0.899. The Bertz CT molecular complexity index is 234. The molecule has 0 aliphatic rings. The molecule has 3 N–H and O–H groups in total. The SMILES string of the molecule is CN(C)CCNC(CN)c1ccsc1. The molecule has 1 atom stereocenters. The molecule has 0 amide bonds. The van der Waals surface area contributed by atoms with E-state index in [1.54, 1.807) is 11.3 Å². The molecule has 80 valence electrons. The van der Waals surface area contributed by atoms with E-state index in [9.17, 15) is 0 Å². The maximum Gasteiger partial charge on any atom is 0.0453 e. The maximum atomic E-state index is 5.71. The molecule has 0 saturated heterocycles. The van der Waals surface area contributed by atoms with E-state index in [0.29, 0.717) is 12.6 Å². The number of hydrogen-bond donors (Lipinski definition) is 2. The van der Waals surface area contributed by atoms with Crippen LogP contribution in [0, 0.1) is 0 Å². The molecule has 1 heterocycles. The van der Waals surface area contributed by atoms with Crippen molar-refractivity contribution < 1.29 is 0 Å². The Kier molecular flexibility index (Phi) is 5.11. The van der Waals surface area contributed by atoms with Crippen LogP contribution in [-0.4, -0.2) is 38.6 Å². The quantitative estimate of drug-likeness (QED) is 0.738. The molecule has 1 unspecified atom stereocenters. The van der Waals surface area contributed by atoms with Crippen LogP contribution in [0.3, 0.4) is 0 Å². The first-order chi connectivity index (χ1) is 6.74. The Morgan fingerprint density at radius 3 is 2.86 bits per heavy atom. The van der Waals surface area contributed by atoms with Gasteiger partial charge in [0.15, 0.2) is 0 Å². The number of thiophene rings is 1. The van der Waals surface area contributed by atoms with Crippen molar-refractivity contribution in [3.8, 4) is 0 Å². The van der Waals surface area contributed by atoms with Crippen LogP contribution < -0.4 is 11.1 Å². The van der Waals surface area contributed by atoms with Crippen molar-refractivity contribution in [2.75, 3.05) is 33.7 Å². The molecule has 14 heavy (non-hydrogen) atoms. The van der Waals surface area contributed by atoms with Crippen LogP contribution in [-0.2, 0) is 0 Å². The van der Waals surface area contributed by atoms with E-state index in [2.05, 4.69) is 41.1 Å². The Hall–Kier alpha value is -0.420. The molecule has 0 bridgehead atoms. The zero-order valence-corrected chi connectivity index (χ0v) is 9.68. The van der Waals surface area contributed by atoms with Gasteiger partial charge >= 0.3 is 0 Å². The summed E-state index contributed by atoms with van der Waals surface area (Å²) in [5.74, 6) is 0. The summed E-state index contributed by atoms with van der Waals surface area (Å²) in [7, 11) is 4.15. The second kappa shape index (κ2) is 6.14. The first-order valence-corrected chi connectivity index (χ1v) is 5.78. The second-order valence-electron chi connectivity index (χ2n) is 3.60. The van der Waals surface area contributed by atoms with Crippen molar-refractivity contribution in [1.82, 2.24) is 10.2 Å². The molecule has 3 nitrogen and oxygen atoms in total. The lowest BCUT2D eigenvalue weighted by atomic mass is 10.1. The van der Waals surface area contributed by atoms with Gasteiger partial charge < -0.3 is 16.0 Å². The fourth-order valence-corrected chi connectivity index (χ4v) is 1.99. The molecule has 1 rings (SSSR count). The summed E-state index contributed by atoms with van der Waals surface area (Å²) in [6, 6.07) is 2.44. The number of hydrogen-bond acceptors (Lipinski definition) is 4. The van der Waals surface area contributed by atoms with Crippen molar-refractivity contribution in [1.29, 1.82) is 0 Å². The maximum absolute atomic E-state index is 5.71. The van der Waals surface area contributed by atoms with E-state index >= 15 is 0 Å². The van der Waals surface area contributed by atoms with Crippen molar-refractivity contribution >= 4 is 11.3 Å². The summed E-state index contributed by atoms with van der Waals surface area (Å²) in [6.07, 6.45) is 0. The third-order valence-electron chi connectivity index (χ3n) is 2.13. The van der Waals surface area contributed by atoms with Gasteiger partial charge in [-0.25, -0.2) is 0 Å². The monoisotopic (exact) mass is 213 g/mol. The molecular formula is C10H19N3S. The van der Waals surface area contributed by atoms with Crippen LogP contribution in [0.1, 0.15) is 11.6 Å². The van der Waals surface area contributed by atoms with Crippen LogP contribution in [0.2, 0.25) is 0 Å². The highest BCUT2D eigenvalue weighted by molar-refractivity contribution is 7.07. The molecule has 1 aromatic rings. The Labute approximate surface area is 89.9 Å². The fourth-order valence-electron chi connectivity index (χ4n) is 1.27. The van der Waals surface area contributed by atoms with Crippen LogP contribution in [0.4, 0.5) is 0 Å². The minimum atomic E-state index is 0.307. The highest BCUT2D eigenvalue weighted by Crippen LogP contribution is 2.14. The topological polar surface area (TPSA) is 41.3 Å². The molecule has 0 aliphatic carbocycles. The van der Waals surface area contributed by atoms with Crippen molar-refractivity contribution in [3.05, 3.63) is 22.4 Å². The van der Waals surface area contributed by atoms with Gasteiger partial charge in [0.2, 0.25) is 0 Å². The van der Waals surface area contributed by atoms with Gasteiger partial charge in [0, 0.05) is 25.7 Å². The van der Waals surface area contributed by atoms with E-state index in [1.807, 2.05) is 0 Å². The summed E-state index contributed by atoms with van der Waals surface area (Å²) >= 11 is 1.72. The molecule has 1 aromatic heterocycles. The Morgan fingerprint density at radius 2 is 2.36 bits per heavy atom. The molecular weight excluding hydrogens is 194 g/mol. The Morgan fingerprint density at radius 1 is 1.57 bits per heavy atom. The number of rotatable bonds is 6. The minimum absolute atomic E-state index is 0.307. The fraction of sp³-hybridized carbons (Fsp3) is 0.600. The number of nitrogens with one attached hydrogen (secondary N) is 1. The summed E-state index contributed by atoms with van der Waals surface area (Å²) in [5, 5.41) is 7.69. The normalized spacial score (nSPS) is 13.4. The van der Waals surface area contributed by atoms with Crippen molar-refractivity contribution in [2.45, 2.75) is 6.04 Å². The van der Waals surface area contributed by atoms with Crippen LogP contribution in [0.5, 0.6) is 0 Å². The van der Waals surface area contributed by atoms with E-state index in [-0.39, 0.29) is 0 Å². The zero-order valence-electron chi connectivity index (χ0n) is 8.86. The van der Waals surface area contributed by atoms with Crippen molar-refractivity contribution in [3.63, 3.8) is 0 Å². The van der Waals surface area contributed by atoms with Gasteiger partial charge in [0.25, 0.3) is 0 Å². The van der Waals surface area contributed by atoms with Crippen LogP contribution in [0.25, 0.3) is 0 Å². The summed E-state index contributed by atoms with van der Waals surface area (Å²) < 4.78 is 0. The molecule has 4 heteroatoms. The Balaban J connectivity index is 2.33. The van der Waals surface area contributed by atoms with Gasteiger partial charge in [-0.3, -0.25) is 0 Å². The minimum Gasteiger partial charge on any atom is -0.329 e. The molecule has 0 spiro atoms. The van der Waals surface area contributed by atoms with E-state index < -0.39 is 0 Å². The molecule has 0 aromatic carbocycles. The lowest BCUT2D eigenvalue weighted by Gasteiger charge is -2.17. The average molecular weight is 213 g/mol. The molecule has 0 saturated carbocycles. The summed E-state index contributed by atoms with van der Waals surface area (Å²) in [5.41, 5.74) is 7.01. The van der Waals surface area contributed by atoms with E-state index in [1.165, 1.54) is 5.56 Å². The molecule has 0 aliphatic heterocycles. The van der Waals surface area contributed by atoms with Crippen LogP contribution >= 0.6 is 11.3 Å². The van der Waals surface area contributed by atoms with E-state index in [4.69, 9.17) is 5.73 Å². The predicted molar refractivity (Wildman–Crippen MR) is 62.7 cm³/mol. The smallest absolute Gasteiger partial charge is 0.0453 e. The van der Waals surface area contributed by atoms with Gasteiger partial charge in [0.1, 0.15) is 0 Å². The number of nitrogens with zero attached hydrogens (tertiary/aromatic N) is 1. The van der Waals surface area contributed by atoms with Crippen molar-refractivity contribution in [2.24, 2.45) is 5.73 Å². The largest absolute Gasteiger partial charge is 0.329 e. The third kappa shape index (κ3) is 3.75. The second-order valence-corrected chi connectivity index (χ2v) is 4.38. The highest BCUT2D eigenvalue weighted by atomic mass is 32.1. The van der Waals surface area contributed by atoms with Gasteiger partial charge in [0.05, 0.1) is 0 Å². The zero-order chi connectivity index (χ0) is 10.4. The van der Waals surface area contributed by atoms with Gasteiger partial charge in [-0.2, -0.15) is 11.3 Å². The third-order valence-corrected chi connectivity index (χ3v) is 2.83. The standard InChI is InChI=1S/C10H19N3S/c1-13(2)5-4-12-10(7-11)9-3-6-14-8-9/h3,6,8,10,12H,4-5,7,11H2,1-2H3. The summed E-state index contributed by atoms with van der Waals surface area (Å²) in [4.78, 5) is 2.16. The number of nitrogens with two attached hydrogens (primary N) is 1. The van der Waals surface area contributed by atoms with Gasteiger partial charge in [-0.15, -0.1) is 0 Å². The van der Waals surface area contributed by atoms with Gasteiger partial charge in [-0.1, -0.05) is 0 Å². The first-order valence-electron chi connectivity index (χ1n) is 4.84. The highest BCUT2D eigenvalue weighted by Gasteiger charge is 2.08. The average Bonchev–Trinajstić information content (AvgIpc) is 2.64. The molecule has 0 fully saturated rings. The summed E-state index contributed by atoms with van der Waals surface area (Å²) in [6.45, 7) is 2.68. The van der Waals surface area contributed by atoms with E-state index in [0.717, 1.165) is 13.1 Å². The lowest BCUT2D eigenvalue weighted by Crippen LogP contribution is -2.33.